The first-order valence-corrected chi connectivity index (χ1v) is 6.49. The number of hydrogen-bond acceptors (Lipinski definition) is 4. The molecule has 2 aromatic rings. The van der Waals surface area contributed by atoms with Gasteiger partial charge in [-0.25, -0.2) is 0 Å². The lowest BCUT2D eigenvalue weighted by molar-refractivity contribution is -0.384. The summed E-state index contributed by atoms with van der Waals surface area (Å²) in [6.45, 7) is 2.45. The molecule has 19 heavy (non-hydrogen) atoms. The molecular formula is C14H13NO3S. The third kappa shape index (κ3) is 4.08. The first-order chi connectivity index (χ1) is 9.15. The normalized spacial score (nSPS) is 10.4. The highest BCUT2D eigenvalue weighted by molar-refractivity contribution is 7.94. The summed E-state index contributed by atoms with van der Waals surface area (Å²) in [4.78, 5) is 11.1. The Kier molecular flexibility index (Phi) is 4.54. The molecule has 2 rings (SSSR count). The quantitative estimate of drug-likeness (QED) is 0.468. The monoisotopic (exact) mass is 275 g/mol. The van der Waals surface area contributed by atoms with Crippen LogP contribution < -0.4 is 0 Å². The molecule has 0 aliphatic carbocycles. The average Bonchev–Trinajstić information content (AvgIpc) is 2.41. The van der Waals surface area contributed by atoms with Crippen LogP contribution in [0, 0.1) is 17.0 Å². The highest BCUT2D eigenvalue weighted by Gasteiger charge is 2.04. The third-order valence-electron chi connectivity index (χ3n) is 2.55. The lowest BCUT2D eigenvalue weighted by Gasteiger charge is -2.03. The smallest absolute Gasteiger partial charge is 0.269 e. The van der Waals surface area contributed by atoms with E-state index >= 15 is 0 Å². The highest BCUT2D eigenvalue weighted by Crippen LogP contribution is 2.21. The fraction of sp³-hybridized carbons (Fsp3) is 0.143. The van der Waals surface area contributed by atoms with E-state index in [-0.39, 0.29) is 5.69 Å². The molecule has 0 saturated heterocycles. The molecule has 98 valence electrons. The second-order valence-electron chi connectivity index (χ2n) is 4.08. The van der Waals surface area contributed by atoms with Gasteiger partial charge in [-0.15, -0.1) is 0 Å². The maximum Gasteiger partial charge on any atom is 0.269 e. The largest absolute Gasteiger partial charge is 0.305 e. The molecule has 0 bridgehead atoms. The van der Waals surface area contributed by atoms with Crippen molar-refractivity contribution >= 4 is 17.7 Å². The van der Waals surface area contributed by atoms with Gasteiger partial charge in [-0.05, 0) is 36.8 Å². The van der Waals surface area contributed by atoms with Crippen LogP contribution in [0.1, 0.15) is 11.1 Å². The summed E-state index contributed by atoms with van der Waals surface area (Å²) in [6.07, 6.45) is 0. The lowest BCUT2D eigenvalue weighted by atomic mass is 10.2. The van der Waals surface area contributed by atoms with Crippen molar-refractivity contribution in [1.29, 1.82) is 0 Å². The molecule has 0 fully saturated rings. The topological polar surface area (TPSA) is 52.4 Å². The number of rotatable bonds is 5. The van der Waals surface area contributed by atoms with Crippen molar-refractivity contribution in [3.8, 4) is 0 Å². The van der Waals surface area contributed by atoms with Gasteiger partial charge in [0, 0.05) is 29.1 Å². The number of nitro benzene ring substituents is 1. The molecule has 0 spiro atoms. The second kappa shape index (κ2) is 6.36. The standard InChI is InChI=1S/C14H13NO3S/c1-11-2-8-14(9-3-11)19-18-10-12-4-6-13(7-5-12)15(16)17/h2-9H,10H2,1H3. The summed E-state index contributed by atoms with van der Waals surface area (Å²) >= 11 is 1.30. The molecule has 0 aliphatic heterocycles. The lowest BCUT2D eigenvalue weighted by Crippen LogP contribution is -1.90. The summed E-state index contributed by atoms with van der Waals surface area (Å²) in [6, 6.07) is 14.4. The number of nitrogens with zero attached hydrogens (tertiary/aromatic N) is 1. The number of hydrogen-bond donors (Lipinski definition) is 0. The van der Waals surface area contributed by atoms with Crippen LogP contribution in [0.15, 0.2) is 53.4 Å². The molecule has 5 heteroatoms. The van der Waals surface area contributed by atoms with E-state index in [1.54, 1.807) is 12.1 Å². The van der Waals surface area contributed by atoms with E-state index in [1.165, 1.54) is 29.7 Å². The van der Waals surface area contributed by atoms with Gasteiger partial charge < -0.3 is 4.18 Å². The molecule has 0 N–H and O–H groups in total. The Labute approximate surface area is 115 Å². The Morgan fingerprint density at radius 3 is 2.32 bits per heavy atom. The van der Waals surface area contributed by atoms with E-state index in [0.29, 0.717) is 6.61 Å². The van der Waals surface area contributed by atoms with E-state index in [0.717, 1.165) is 10.5 Å². The zero-order valence-electron chi connectivity index (χ0n) is 10.4. The van der Waals surface area contributed by atoms with Gasteiger partial charge >= 0.3 is 0 Å². The summed E-state index contributed by atoms with van der Waals surface area (Å²) in [5.74, 6) is 0. The number of non-ortho nitro benzene ring substituents is 1. The van der Waals surface area contributed by atoms with Crippen molar-refractivity contribution < 1.29 is 9.11 Å². The molecular weight excluding hydrogens is 262 g/mol. The SMILES string of the molecule is Cc1ccc(SOCc2ccc([N+](=O)[O-])cc2)cc1. The number of nitro groups is 1. The Morgan fingerprint density at radius 2 is 1.74 bits per heavy atom. The van der Waals surface area contributed by atoms with Gasteiger partial charge in [0.2, 0.25) is 0 Å². The van der Waals surface area contributed by atoms with Crippen LogP contribution in [0.25, 0.3) is 0 Å². The van der Waals surface area contributed by atoms with Gasteiger partial charge in [0.1, 0.15) is 0 Å². The molecule has 0 aromatic heterocycles. The summed E-state index contributed by atoms with van der Waals surface area (Å²) in [7, 11) is 0. The van der Waals surface area contributed by atoms with Crippen molar-refractivity contribution in [1.82, 2.24) is 0 Å². The molecule has 0 heterocycles. The van der Waals surface area contributed by atoms with Crippen LogP contribution in [0.4, 0.5) is 5.69 Å². The van der Waals surface area contributed by atoms with Crippen LogP contribution >= 0.6 is 12.0 Å². The highest BCUT2D eigenvalue weighted by atomic mass is 32.2. The van der Waals surface area contributed by atoms with E-state index in [1.807, 2.05) is 31.2 Å². The molecule has 0 unspecified atom stereocenters. The number of benzene rings is 2. The van der Waals surface area contributed by atoms with E-state index in [9.17, 15) is 10.1 Å². The first kappa shape index (κ1) is 13.6. The van der Waals surface area contributed by atoms with Crippen LogP contribution in [-0.4, -0.2) is 4.92 Å². The zero-order chi connectivity index (χ0) is 13.7. The van der Waals surface area contributed by atoms with Crippen LogP contribution in [0.2, 0.25) is 0 Å². The minimum Gasteiger partial charge on any atom is -0.305 e. The fourth-order valence-electron chi connectivity index (χ4n) is 1.47. The van der Waals surface area contributed by atoms with Crippen molar-refractivity contribution in [2.24, 2.45) is 0 Å². The van der Waals surface area contributed by atoms with Crippen molar-refractivity contribution in [3.05, 3.63) is 69.8 Å². The van der Waals surface area contributed by atoms with Gasteiger partial charge in [-0.2, -0.15) is 0 Å². The minimum absolute atomic E-state index is 0.0925. The van der Waals surface area contributed by atoms with Gasteiger partial charge in [0.15, 0.2) is 0 Å². The molecule has 0 saturated carbocycles. The Hall–Kier alpha value is -1.85. The summed E-state index contributed by atoms with van der Waals surface area (Å²) in [5, 5.41) is 10.5. The molecule has 0 atom stereocenters. The third-order valence-corrected chi connectivity index (χ3v) is 3.25. The van der Waals surface area contributed by atoms with E-state index in [4.69, 9.17) is 4.18 Å². The summed E-state index contributed by atoms with van der Waals surface area (Å²) < 4.78 is 5.49. The predicted molar refractivity (Wildman–Crippen MR) is 74.9 cm³/mol. The summed E-state index contributed by atoms with van der Waals surface area (Å²) in [5.41, 5.74) is 2.21. The average molecular weight is 275 g/mol. The van der Waals surface area contributed by atoms with Crippen LogP contribution in [0.5, 0.6) is 0 Å². The maximum absolute atomic E-state index is 10.5. The fourth-order valence-corrected chi connectivity index (χ4v) is 2.05. The minimum atomic E-state index is -0.411. The molecule has 0 radical (unpaired) electrons. The van der Waals surface area contributed by atoms with Crippen molar-refractivity contribution in [2.75, 3.05) is 0 Å². The van der Waals surface area contributed by atoms with Gasteiger partial charge in [0.25, 0.3) is 5.69 Å². The Bertz CT molecular complexity index is 552. The second-order valence-corrected chi connectivity index (χ2v) is 4.96. The van der Waals surface area contributed by atoms with E-state index in [2.05, 4.69) is 0 Å². The van der Waals surface area contributed by atoms with Gasteiger partial charge in [0.05, 0.1) is 11.5 Å². The van der Waals surface area contributed by atoms with Crippen LogP contribution in [0.3, 0.4) is 0 Å². The molecule has 4 nitrogen and oxygen atoms in total. The first-order valence-electron chi connectivity index (χ1n) is 5.74. The zero-order valence-corrected chi connectivity index (χ0v) is 11.2. The predicted octanol–water partition coefficient (Wildman–Crippen LogP) is 4.13. The van der Waals surface area contributed by atoms with Crippen molar-refractivity contribution in [3.63, 3.8) is 0 Å². The number of aryl methyl sites for hydroxylation is 1. The maximum atomic E-state index is 10.5. The van der Waals surface area contributed by atoms with Crippen molar-refractivity contribution in [2.45, 2.75) is 18.4 Å². The Balaban J connectivity index is 1.85. The molecule has 2 aromatic carbocycles. The molecule has 0 aliphatic rings. The van der Waals surface area contributed by atoms with E-state index < -0.39 is 4.92 Å². The van der Waals surface area contributed by atoms with Gasteiger partial charge in [-0.1, -0.05) is 17.7 Å². The van der Waals surface area contributed by atoms with Crippen LogP contribution in [-0.2, 0) is 10.8 Å². The Morgan fingerprint density at radius 1 is 1.11 bits per heavy atom. The van der Waals surface area contributed by atoms with Gasteiger partial charge in [-0.3, -0.25) is 10.1 Å². The molecule has 0 amide bonds.